The molecule has 1 heterocycles. The minimum absolute atomic E-state index is 0.0226. The maximum Gasteiger partial charge on any atom is 0.335 e. The predicted molar refractivity (Wildman–Crippen MR) is 108 cm³/mol. The Morgan fingerprint density at radius 1 is 1.14 bits per heavy atom. The van der Waals surface area contributed by atoms with Crippen molar-refractivity contribution in [1.29, 1.82) is 5.26 Å². The summed E-state index contributed by atoms with van der Waals surface area (Å²) in [5, 5.41) is 20.4. The van der Waals surface area contributed by atoms with Crippen LogP contribution in [0, 0.1) is 11.3 Å². The first-order chi connectivity index (χ1) is 13.4. The number of carboxylic acid groups (broad SMARTS) is 1. The Kier molecular flexibility index (Phi) is 5.63. The number of sulfone groups is 1. The topological polar surface area (TPSA) is 95.2 Å². The number of nitriles is 1. The third-order valence-electron chi connectivity index (χ3n) is 4.40. The summed E-state index contributed by atoms with van der Waals surface area (Å²) < 4.78 is 26.4. The second-order valence-electron chi connectivity index (χ2n) is 6.20. The third-order valence-corrected chi connectivity index (χ3v) is 7.04. The van der Waals surface area contributed by atoms with E-state index in [1.165, 1.54) is 23.5 Å². The summed E-state index contributed by atoms with van der Waals surface area (Å²) in [6.45, 7) is 1.82. The molecule has 0 saturated carbocycles. The van der Waals surface area contributed by atoms with E-state index in [0.29, 0.717) is 23.1 Å². The molecule has 28 heavy (non-hydrogen) atoms. The number of benzene rings is 2. The van der Waals surface area contributed by atoms with Crippen molar-refractivity contribution in [2.45, 2.75) is 24.0 Å². The molecule has 1 N–H and O–H groups in total. The molecule has 0 atom stereocenters. The van der Waals surface area contributed by atoms with Crippen molar-refractivity contribution in [3.05, 3.63) is 76.2 Å². The zero-order valence-electron chi connectivity index (χ0n) is 15.0. The van der Waals surface area contributed by atoms with Gasteiger partial charge in [0.05, 0.1) is 27.8 Å². The molecule has 0 radical (unpaired) electrons. The fraction of sp³-hybridized carbons (Fsp3) is 0.143. The number of aryl methyl sites for hydroxylation is 1. The first kappa shape index (κ1) is 19.8. The van der Waals surface area contributed by atoms with Crippen molar-refractivity contribution >= 4 is 27.1 Å². The maximum absolute atomic E-state index is 13.2. The summed E-state index contributed by atoms with van der Waals surface area (Å²) in [6.07, 6.45) is 0.463. The van der Waals surface area contributed by atoms with Gasteiger partial charge in [-0.2, -0.15) is 5.26 Å². The van der Waals surface area contributed by atoms with E-state index in [1.807, 2.05) is 30.5 Å². The van der Waals surface area contributed by atoms with Gasteiger partial charge < -0.3 is 5.11 Å². The molecule has 0 aliphatic rings. The molecule has 3 aromatic rings. The zero-order valence-corrected chi connectivity index (χ0v) is 16.7. The molecular weight excluding hydrogens is 394 g/mol. The number of nitrogens with zero attached hydrogens (tertiary/aromatic N) is 1. The van der Waals surface area contributed by atoms with Crippen LogP contribution >= 0.6 is 11.3 Å². The maximum atomic E-state index is 13.2. The largest absolute Gasteiger partial charge is 0.478 e. The van der Waals surface area contributed by atoms with Crippen molar-refractivity contribution in [1.82, 2.24) is 0 Å². The van der Waals surface area contributed by atoms with E-state index in [-0.39, 0.29) is 16.2 Å². The van der Waals surface area contributed by atoms with Gasteiger partial charge >= 0.3 is 5.97 Å². The lowest BCUT2D eigenvalue weighted by atomic mass is 10.0. The van der Waals surface area contributed by atoms with Crippen LogP contribution in [-0.2, 0) is 22.0 Å². The summed E-state index contributed by atoms with van der Waals surface area (Å²) >= 11 is 1.48. The lowest BCUT2D eigenvalue weighted by molar-refractivity contribution is 0.0696. The van der Waals surface area contributed by atoms with Crippen molar-refractivity contribution in [2.24, 2.45) is 0 Å². The molecule has 0 aliphatic carbocycles. The average Bonchev–Trinajstić information content (AvgIpc) is 3.21. The SMILES string of the molecule is CCc1ccc(C(=O)O)cc1S(=O)(=O)Cc1cc(C#N)ccc1-c1cccs1. The van der Waals surface area contributed by atoms with Crippen LogP contribution in [0.3, 0.4) is 0 Å². The Morgan fingerprint density at radius 2 is 1.93 bits per heavy atom. The predicted octanol–water partition coefficient (Wildman–Crippen LogP) is 4.52. The lowest BCUT2D eigenvalue weighted by Crippen LogP contribution is -2.11. The van der Waals surface area contributed by atoms with Gasteiger partial charge in [-0.1, -0.05) is 25.1 Å². The number of carboxylic acids is 1. The van der Waals surface area contributed by atoms with Gasteiger partial charge in [-0.3, -0.25) is 0 Å². The van der Waals surface area contributed by atoms with Gasteiger partial charge in [0.15, 0.2) is 9.84 Å². The highest BCUT2D eigenvalue weighted by Crippen LogP contribution is 2.32. The molecular formula is C21H17NO4S2. The van der Waals surface area contributed by atoms with Gasteiger partial charge in [0.2, 0.25) is 0 Å². The van der Waals surface area contributed by atoms with E-state index >= 15 is 0 Å². The van der Waals surface area contributed by atoms with E-state index in [9.17, 15) is 23.6 Å². The summed E-state index contributed by atoms with van der Waals surface area (Å²) in [5.74, 6) is -1.49. The monoisotopic (exact) mass is 411 g/mol. The fourth-order valence-corrected chi connectivity index (χ4v) is 5.52. The van der Waals surface area contributed by atoms with Crippen molar-refractivity contribution in [3.63, 3.8) is 0 Å². The average molecular weight is 412 g/mol. The Bertz CT molecular complexity index is 1170. The van der Waals surface area contributed by atoms with E-state index in [4.69, 9.17) is 0 Å². The summed E-state index contributed by atoms with van der Waals surface area (Å²) in [4.78, 5) is 12.2. The molecule has 2 aromatic carbocycles. The lowest BCUT2D eigenvalue weighted by Gasteiger charge is -2.13. The number of thiophene rings is 1. The Balaban J connectivity index is 2.12. The molecule has 0 unspecified atom stereocenters. The number of rotatable bonds is 6. The summed E-state index contributed by atoms with van der Waals surface area (Å²) in [7, 11) is -3.82. The molecule has 0 bridgehead atoms. The van der Waals surface area contributed by atoms with Crippen LogP contribution in [0.5, 0.6) is 0 Å². The minimum Gasteiger partial charge on any atom is -0.478 e. The number of carbonyl (C=O) groups is 1. The molecule has 0 spiro atoms. The van der Waals surface area contributed by atoms with E-state index in [2.05, 4.69) is 0 Å². The smallest absolute Gasteiger partial charge is 0.335 e. The summed E-state index contributed by atoms with van der Waals surface area (Å²) in [5.41, 5.74) is 2.15. The van der Waals surface area contributed by atoms with E-state index in [1.54, 1.807) is 24.3 Å². The standard InChI is InChI=1S/C21H17NO4S2/c1-2-15-6-7-16(21(23)24)11-20(15)28(25,26)13-17-10-14(12-22)5-8-18(17)19-4-3-9-27-19/h3-11H,2,13H2,1H3,(H,23,24). The zero-order chi connectivity index (χ0) is 20.3. The molecule has 142 valence electrons. The van der Waals surface area contributed by atoms with Crippen LogP contribution in [0.15, 0.2) is 58.8 Å². The van der Waals surface area contributed by atoms with Crippen LogP contribution in [0.2, 0.25) is 0 Å². The highest BCUT2D eigenvalue weighted by atomic mass is 32.2. The van der Waals surface area contributed by atoms with Crippen LogP contribution in [-0.4, -0.2) is 19.5 Å². The molecule has 0 fully saturated rings. The van der Waals surface area contributed by atoms with Gasteiger partial charge in [-0.05, 0) is 58.8 Å². The molecule has 0 aliphatic heterocycles. The second kappa shape index (κ2) is 7.97. The van der Waals surface area contributed by atoms with Crippen LogP contribution in [0.4, 0.5) is 0 Å². The normalized spacial score (nSPS) is 11.1. The Hall–Kier alpha value is -2.95. The fourth-order valence-electron chi connectivity index (χ4n) is 3.01. The van der Waals surface area contributed by atoms with Crippen molar-refractivity contribution < 1.29 is 18.3 Å². The van der Waals surface area contributed by atoms with Crippen molar-refractivity contribution in [3.8, 4) is 16.5 Å². The number of hydrogen-bond donors (Lipinski definition) is 1. The summed E-state index contributed by atoms with van der Waals surface area (Å²) in [6, 6.07) is 15.0. The van der Waals surface area contributed by atoms with Gasteiger partial charge in [0, 0.05) is 4.88 Å². The molecule has 3 rings (SSSR count). The quantitative estimate of drug-likeness (QED) is 0.643. The first-order valence-corrected chi connectivity index (χ1v) is 11.0. The van der Waals surface area contributed by atoms with Gasteiger partial charge in [-0.25, -0.2) is 13.2 Å². The highest BCUT2D eigenvalue weighted by Gasteiger charge is 2.23. The van der Waals surface area contributed by atoms with Gasteiger partial charge in [0.25, 0.3) is 0 Å². The van der Waals surface area contributed by atoms with Crippen molar-refractivity contribution in [2.75, 3.05) is 0 Å². The van der Waals surface area contributed by atoms with Gasteiger partial charge in [0.1, 0.15) is 0 Å². The van der Waals surface area contributed by atoms with Gasteiger partial charge in [-0.15, -0.1) is 11.3 Å². The molecule has 0 amide bonds. The molecule has 5 nitrogen and oxygen atoms in total. The highest BCUT2D eigenvalue weighted by molar-refractivity contribution is 7.90. The molecule has 0 saturated heterocycles. The third kappa shape index (κ3) is 3.98. The Labute approximate surface area is 167 Å². The molecule has 1 aromatic heterocycles. The van der Waals surface area contributed by atoms with Crippen LogP contribution in [0.1, 0.15) is 34.0 Å². The number of aromatic carboxylic acids is 1. The first-order valence-electron chi connectivity index (χ1n) is 8.51. The van der Waals surface area contributed by atoms with E-state index in [0.717, 1.165) is 10.4 Å². The molecule has 7 heteroatoms. The Morgan fingerprint density at radius 3 is 2.54 bits per heavy atom. The van der Waals surface area contributed by atoms with Crippen LogP contribution in [0.25, 0.3) is 10.4 Å². The second-order valence-corrected chi connectivity index (χ2v) is 9.11. The van der Waals surface area contributed by atoms with Crippen LogP contribution < -0.4 is 0 Å². The number of hydrogen-bond acceptors (Lipinski definition) is 5. The minimum atomic E-state index is -3.82. The van der Waals surface area contributed by atoms with E-state index < -0.39 is 15.8 Å².